The summed E-state index contributed by atoms with van der Waals surface area (Å²) in [6.07, 6.45) is 0.898. The highest BCUT2D eigenvalue weighted by atomic mass is 16.5. The molecule has 0 saturated heterocycles. The Balaban J connectivity index is 1.66. The van der Waals surface area contributed by atoms with E-state index in [2.05, 4.69) is 10.3 Å². The van der Waals surface area contributed by atoms with Crippen LogP contribution in [-0.4, -0.2) is 19.2 Å². The Hall–Kier alpha value is -2.69. The van der Waals surface area contributed by atoms with E-state index in [0.717, 1.165) is 29.2 Å². The molecule has 23 heavy (non-hydrogen) atoms. The first kappa shape index (κ1) is 15.2. The summed E-state index contributed by atoms with van der Waals surface area (Å²) in [5.41, 5.74) is 9.09. The Morgan fingerprint density at radius 3 is 2.78 bits per heavy atom. The molecule has 0 aliphatic carbocycles. The molecule has 2 aromatic rings. The number of benzene rings is 2. The van der Waals surface area contributed by atoms with Crippen LogP contribution < -0.4 is 20.5 Å². The van der Waals surface area contributed by atoms with E-state index in [1.165, 1.54) is 5.56 Å². The van der Waals surface area contributed by atoms with E-state index in [9.17, 15) is 0 Å². The van der Waals surface area contributed by atoms with Crippen LogP contribution >= 0.6 is 0 Å². The van der Waals surface area contributed by atoms with Gasteiger partial charge in [-0.05, 0) is 42.3 Å². The molecule has 120 valence electrons. The van der Waals surface area contributed by atoms with E-state index in [-0.39, 0.29) is 0 Å². The molecule has 5 nitrogen and oxygen atoms in total. The van der Waals surface area contributed by atoms with Gasteiger partial charge in [0.2, 0.25) is 0 Å². The maximum absolute atomic E-state index is 5.95. The van der Waals surface area contributed by atoms with Gasteiger partial charge in [0.05, 0.1) is 19.8 Å². The number of rotatable bonds is 3. The van der Waals surface area contributed by atoms with E-state index in [1.54, 1.807) is 0 Å². The standard InChI is InChI=1S/C18H21N3O2/c1-13-4-2-5-15(10-13)21-18(19)20-12-14-6-7-16-17(11-14)23-9-3-8-22-16/h2,4-7,10-11H,3,8-9,12H2,1H3,(H3,19,20,21). The molecule has 5 heteroatoms. The summed E-state index contributed by atoms with van der Waals surface area (Å²) in [6, 6.07) is 13.9. The largest absolute Gasteiger partial charge is 0.490 e. The highest BCUT2D eigenvalue weighted by Gasteiger charge is 2.10. The molecule has 0 unspecified atom stereocenters. The summed E-state index contributed by atoms with van der Waals surface area (Å²) in [5, 5.41) is 3.10. The number of aliphatic imine (C=N–C) groups is 1. The van der Waals surface area contributed by atoms with Crippen LogP contribution in [0.4, 0.5) is 5.69 Å². The van der Waals surface area contributed by atoms with Crippen molar-refractivity contribution in [2.75, 3.05) is 18.5 Å². The van der Waals surface area contributed by atoms with E-state index in [1.807, 2.05) is 49.4 Å². The number of nitrogens with one attached hydrogen (secondary N) is 1. The van der Waals surface area contributed by atoms with Gasteiger partial charge in [0.25, 0.3) is 0 Å². The predicted molar refractivity (Wildman–Crippen MR) is 92.2 cm³/mol. The second-order valence-corrected chi connectivity index (χ2v) is 5.53. The quantitative estimate of drug-likeness (QED) is 0.675. The minimum atomic E-state index is 0.391. The molecule has 3 N–H and O–H groups in total. The lowest BCUT2D eigenvalue weighted by molar-refractivity contribution is 0.297. The fraction of sp³-hybridized carbons (Fsp3) is 0.278. The SMILES string of the molecule is Cc1cccc(NC(N)=NCc2ccc3c(c2)OCCCO3)c1. The van der Waals surface area contributed by atoms with Crippen LogP contribution in [0, 0.1) is 6.92 Å². The van der Waals surface area contributed by atoms with E-state index >= 15 is 0 Å². The van der Waals surface area contributed by atoms with Gasteiger partial charge in [0, 0.05) is 12.1 Å². The Labute approximate surface area is 136 Å². The Morgan fingerprint density at radius 1 is 1.13 bits per heavy atom. The van der Waals surface area contributed by atoms with Crippen molar-refractivity contribution in [3.8, 4) is 11.5 Å². The topological polar surface area (TPSA) is 68.9 Å². The first-order chi connectivity index (χ1) is 11.2. The van der Waals surface area contributed by atoms with Gasteiger partial charge < -0.3 is 20.5 Å². The summed E-state index contributed by atoms with van der Waals surface area (Å²) < 4.78 is 11.3. The fourth-order valence-electron chi connectivity index (χ4n) is 2.39. The predicted octanol–water partition coefficient (Wildman–Crippen LogP) is 3.08. The lowest BCUT2D eigenvalue weighted by Crippen LogP contribution is -2.22. The van der Waals surface area contributed by atoms with E-state index in [0.29, 0.717) is 25.7 Å². The van der Waals surface area contributed by atoms with Gasteiger partial charge >= 0.3 is 0 Å². The van der Waals surface area contributed by atoms with Crippen molar-refractivity contribution in [2.45, 2.75) is 19.9 Å². The lowest BCUT2D eigenvalue weighted by atomic mass is 10.2. The number of aryl methyl sites for hydroxylation is 1. The molecule has 0 saturated carbocycles. The third-order valence-corrected chi connectivity index (χ3v) is 3.53. The van der Waals surface area contributed by atoms with Gasteiger partial charge in [-0.3, -0.25) is 0 Å². The maximum atomic E-state index is 5.95. The number of anilines is 1. The monoisotopic (exact) mass is 311 g/mol. The Bertz CT molecular complexity index is 713. The lowest BCUT2D eigenvalue weighted by Gasteiger charge is -2.09. The molecular weight excluding hydrogens is 290 g/mol. The van der Waals surface area contributed by atoms with Crippen LogP contribution in [0.2, 0.25) is 0 Å². The molecule has 2 aromatic carbocycles. The zero-order valence-electron chi connectivity index (χ0n) is 13.2. The van der Waals surface area contributed by atoms with Crippen molar-refractivity contribution < 1.29 is 9.47 Å². The van der Waals surface area contributed by atoms with E-state index in [4.69, 9.17) is 15.2 Å². The van der Waals surface area contributed by atoms with Gasteiger partial charge in [-0.15, -0.1) is 0 Å². The molecule has 0 amide bonds. The van der Waals surface area contributed by atoms with Gasteiger partial charge in [-0.2, -0.15) is 0 Å². The van der Waals surface area contributed by atoms with Crippen molar-refractivity contribution in [3.63, 3.8) is 0 Å². The Morgan fingerprint density at radius 2 is 1.96 bits per heavy atom. The molecule has 0 bridgehead atoms. The zero-order valence-corrected chi connectivity index (χ0v) is 13.2. The normalized spacial score (nSPS) is 14.2. The minimum absolute atomic E-state index is 0.391. The van der Waals surface area contributed by atoms with Crippen molar-refractivity contribution in [3.05, 3.63) is 53.6 Å². The van der Waals surface area contributed by atoms with Crippen LogP contribution in [0.25, 0.3) is 0 Å². The number of guanidine groups is 1. The van der Waals surface area contributed by atoms with Crippen LogP contribution in [-0.2, 0) is 6.54 Å². The third-order valence-electron chi connectivity index (χ3n) is 3.53. The second kappa shape index (κ2) is 7.05. The van der Waals surface area contributed by atoms with Gasteiger partial charge in [0.1, 0.15) is 0 Å². The average molecular weight is 311 g/mol. The van der Waals surface area contributed by atoms with Crippen LogP contribution in [0.3, 0.4) is 0 Å². The van der Waals surface area contributed by atoms with Gasteiger partial charge in [-0.25, -0.2) is 4.99 Å². The first-order valence-electron chi connectivity index (χ1n) is 7.73. The van der Waals surface area contributed by atoms with Gasteiger partial charge in [-0.1, -0.05) is 18.2 Å². The molecule has 1 heterocycles. The number of ether oxygens (including phenoxy) is 2. The molecule has 0 fully saturated rings. The van der Waals surface area contributed by atoms with Crippen molar-refractivity contribution in [1.82, 2.24) is 0 Å². The molecular formula is C18H21N3O2. The summed E-state index contributed by atoms with van der Waals surface area (Å²) in [5.74, 6) is 1.96. The fourth-order valence-corrected chi connectivity index (χ4v) is 2.39. The second-order valence-electron chi connectivity index (χ2n) is 5.53. The van der Waals surface area contributed by atoms with Gasteiger partial charge in [0.15, 0.2) is 17.5 Å². The number of hydrogen-bond acceptors (Lipinski definition) is 3. The molecule has 0 atom stereocenters. The Kier molecular flexibility index (Phi) is 4.66. The number of nitrogens with two attached hydrogens (primary N) is 1. The van der Waals surface area contributed by atoms with Crippen molar-refractivity contribution in [1.29, 1.82) is 0 Å². The number of nitrogens with zero attached hydrogens (tertiary/aromatic N) is 1. The zero-order chi connectivity index (χ0) is 16.1. The minimum Gasteiger partial charge on any atom is -0.490 e. The summed E-state index contributed by atoms with van der Waals surface area (Å²) in [4.78, 5) is 4.38. The van der Waals surface area contributed by atoms with Crippen LogP contribution in [0.1, 0.15) is 17.5 Å². The molecule has 0 spiro atoms. The van der Waals surface area contributed by atoms with Crippen molar-refractivity contribution >= 4 is 11.6 Å². The van der Waals surface area contributed by atoms with E-state index < -0.39 is 0 Å². The summed E-state index contributed by atoms with van der Waals surface area (Å²) in [6.45, 7) is 3.90. The third kappa shape index (κ3) is 4.16. The van der Waals surface area contributed by atoms with Crippen LogP contribution in [0.5, 0.6) is 11.5 Å². The molecule has 0 radical (unpaired) electrons. The maximum Gasteiger partial charge on any atom is 0.193 e. The molecule has 1 aliphatic rings. The van der Waals surface area contributed by atoms with Crippen molar-refractivity contribution in [2.24, 2.45) is 10.7 Å². The smallest absolute Gasteiger partial charge is 0.193 e. The highest BCUT2D eigenvalue weighted by molar-refractivity contribution is 5.92. The summed E-state index contributed by atoms with van der Waals surface area (Å²) >= 11 is 0. The molecule has 0 aromatic heterocycles. The number of hydrogen-bond donors (Lipinski definition) is 2. The number of fused-ring (bicyclic) bond motifs is 1. The highest BCUT2D eigenvalue weighted by Crippen LogP contribution is 2.30. The molecule has 3 rings (SSSR count). The summed E-state index contributed by atoms with van der Waals surface area (Å²) in [7, 11) is 0. The van der Waals surface area contributed by atoms with Crippen LogP contribution in [0.15, 0.2) is 47.5 Å². The molecule has 1 aliphatic heterocycles. The first-order valence-corrected chi connectivity index (χ1v) is 7.73. The average Bonchev–Trinajstić information content (AvgIpc) is 2.77.